The van der Waals surface area contributed by atoms with Crippen LogP contribution < -0.4 is 10.2 Å². The number of urea groups is 1. The number of rotatable bonds is 7. The van der Waals surface area contributed by atoms with Gasteiger partial charge in [-0.1, -0.05) is 13.3 Å². The van der Waals surface area contributed by atoms with Crippen LogP contribution in [0.1, 0.15) is 32.6 Å². The van der Waals surface area contributed by atoms with Gasteiger partial charge in [0.2, 0.25) is 0 Å². The number of nitrogens with one attached hydrogen (secondary N) is 1. The molecule has 0 spiro atoms. The highest BCUT2D eigenvalue weighted by atomic mass is 16.5. The van der Waals surface area contributed by atoms with Crippen LogP contribution in [0.25, 0.3) is 0 Å². The van der Waals surface area contributed by atoms with Gasteiger partial charge in [0.15, 0.2) is 0 Å². The molecule has 2 rings (SSSR count). The van der Waals surface area contributed by atoms with Crippen molar-refractivity contribution in [3.05, 3.63) is 24.3 Å². The number of benzene rings is 1. The Balaban J connectivity index is 1.87. The number of carbonyl (C=O) groups excluding carboxylic acids is 1. The molecular weight excluding hydrogens is 302 g/mol. The Bertz CT molecular complexity index is 502. The topological polar surface area (TPSA) is 44.8 Å². The first-order valence-corrected chi connectivity index (χ1v) is 9.00. The lowest BCUT2D eigenvalue weighted by Crippen LogP contribution is -2.43. The summed E-state index contributed by atoms with van der Waals surface area (Å²) in [6.45, 7) is 5.57. The van der Waals surface area contributed by atoms with Gasteiger partial charge in [0.05, 0.1) is 6.61 Å². The molecule has 1 aliphatic heterocycles. The maximum atomic E-state index is 12.4. The van der Waals surface area contributed by atoms with Crippen molar-refractivity contribution in [3.63, 3.8) is 0 Å². The molecule has 0 radical (unpaired) electrons. The van der Waals surface area contributed by atoms with Crippen LogP contribution in [0.15, 0.2) is 24.3 Å². The highest BCUT2D eigenvalue weighted by molar-refractivity contribution is 5.89. The third-order valence-corrected chi connectivity index (χ3v) is 4.61. The highest BCUT2D eigenvalue weighted by Gasteiger charge is 2.23. The molecule has 1 aromatic carbocycles. The highest BCUT2D eigenvalue weighted by Crippen LogP contribution is 2.20. The van der Waals surface area contributed by atoms with Gasteiger partial charge in [-0.3, -0.25) is 0 Å². The van der Waals surface area contributed by atoms with Gasteiger partial charge in [-0.15, -0.1) is 0 Å². The Morgan fingerprint density at radius 3 is 2.79 bits per heavy atom. The number of ether oxygens (including phenoxy) is 1. The SMILES string of the molecule is CCCCN(C)c1ccc(NC(=O)N2CCC[C@H](COC)C2)cc1. The molecule has 1 aromatic rings. The summed E-state index contributed by atoms with van der Waals surface area (Å²) in [6, 6.07) is 8.08. The molecule has 0 aromatic heterocycles. The Hall–Kier alpha value is -1.75. The number of piperidine rings is 1. The van der Waals surface area contributed by atoms with E-state index in [1.54, 1.807) is 7.11 Å². The Labute approximate surface area is 146 Å². The largest absolute Gasteiger partial charge is 0.384 e. The number of likely N-dealkylation sites (tertiary alicyclic amines) is 1. The molecule has 5 nitrogen and oxygen atoms in total. The summed E-state index contributed by atoms with van der Waals surface area (Å²) in [7, 11) is 3.82. The molecule has 1 atom stereocenters. The summed E-state index contributed by atoms with van der Waals surface area (Å²) in [6.07, 6.45) is 4.56. The van der Waals surface area contributed by atoms with E-state index in [1.807, 2.05) is 17.0 Å². The molecule has 1 aliphatic rings. The van der Waals surface area contributed by atoms with E-state index in [0.717, 1.165) is 44.8 Å². The van der Waals surface area contributed by atoms with E-state index >= 15 is 0 Å². The van der Waals surface area contributed by atoms with Crippen LogP contribution in [0, 0.1) is 5.92 Å². The van der Waals surface area contributed by atoms with Gasteiger partial charge in [0.1, 0.15) is 0 Å². The molecule has 134 valence electrons. The number of anilines is 2. The Morgan fingerprint density at radius 1 is 1.38 bits per heavy atom. The second-order valence-corrected chi connectivity index (χ2v) is 6.66. The molecule has 0 aliphatic carbocycles. The van der Waals surface area contributed by atoms with E-state index < -0.39 is 0 Å². The minimum Gasteiger partial charge on any atom is -0.384 e. The standard InChI is InChI=1S/C19H31N3O2/c1-4-5-12-21(2)18-10-8-17(9-11-18)20-19(23)22-13-6-7-16(14-22)15-24-3/h8-11,16H,4-7,12-15H2,1-3H3,(H,20,23)/t16-/m0/s1. The molecule has 0 bridgehead atoms. The van der Waals surface area contributed by atoms with Crippen LogP contribution in [0.5, 0.6) is 0 Å². The van der Waals surface area contributed by atoms with E-state index in [2.05, 4.69) is 36.3 Å². The summed E-state index contributed by atoms with van der Waals surface area (Å²) >= 11 is 0. The van der Waals surface area contributed by atoms with Gasteiger partial charge >= 0.3 is 6.03 Å². The fourth-order valence-corrected chi connectivity index (χ4v) is 3.15. The third kappa shape index (κ3) is 5.41. The second-order valence-electron chi connectivity index (χ2n) is 6.66. The minimum atomic E-state index is -0.0112. The average molecular weight is 333 g/mol. The molecule has 5 heteroatoms. The van der Waals surface area contributed by atoms with Crippen LogP contribution in [-0.4, -0.2) is 51.3 Å². The second kappa shape index (κ2) is 9.52. The number of amides is 2. The Kier molecular flexibility index (Phi) is 7.37. The first-order chi connectivity index (χ1) is 11.6. The maximum absolute atomic E-state index is 12.4. The average Bonchev–Trinajstić information content (AvgIpc) is 2.61. The summed E-state index contributed by atoms with van der Waals surface area (Å²) in [5.41, 5.74) is 2.03. The van der Waals surface area contributed by atoms with Crippen molar-refractivity contribution in [2.45, 2.75) is 32.6 Å². The van der Waals surface area contributed by atoms with Crippen molar-refractivity contribution >= 4 is 17.4 Å². The molecular formula is C19H31N3O2. The van der Waals surface area contributed by atoms with Gasteiger partial charge in [-0.2, -0.15) is 0 Å². The lowest BCUT2D eigenvalue weighted by Gasteiger charge is -2.32. The molecule has 2 amide bonds. The van der Waals surface area contributed by atoms with E-state index in [-0.39, 0.29) is 6.03 Å². The minimum absolute atomic E-state index is 0.0112. The van der Waals surface area contributed by atoms with Crippen LogP contribution >= 0.6 is 0 Å². The summed E-state index contributed by atoms with van der Waals surface area (Å²) in [4.78, 5) is 16.6. The van der Waals surface area contributed by atoms with Crippen LogP contribution in [-0.2, 0) is 4.74 Å². The molecule has 1 saturated heterocycles. The first-order valence-electron chi connectivity index (χ1n) is 9.00. The van der Waals surface area contributed by atoms with Crippen molar-refractivity contribution in [1.29, 1.82) is 0 Å². The van der Waals surface area contributed by atoms with Crippen molar-refractivity contribution in [2.75, 3.05) is 50.6 Å². The van der Waals surface area contributed by atoms with Crippen molar-refractivity contribution < 1.29 is 9.53 Å². The predicted octanol–water partition coefficient (Wildman–Crippen LogP) is 3.81. The van der Waals surface area contributed by atoms with Gasteiger partial charge in [0, 0.05) is 51.1 Å². The van der Waals surface area contributed by atoms with Gasteiger partial charge in [0.25, 0.3) is 0 Å². The monoisotopic (exact) mass is 333 g/mol. The number of nitrogens with zero attached hydrogens (tertiary/aromatic N) is 2. The lowest BCUT2D eigenvalue weighted by atomic mass is 9.99. The number of carbonyl (C=O) groups is 1. The predicted molar refractivity (Wildman–Crippen MR) is 99.8 cm³/mol. The van der Waals surface area contributed by atoms with E-state index in [0.29, 0.717) is 5.92 Å². The molecule has 1 N–H and O–H groups in total. The zero-order valence-electron chi connectivity index (χ0n) is 15.3. The summed E-state index contributed by atoms with van der Waals surface area (Å²) < 4.78 is 5.23. The zero-order chi connectivity index (χ0) is 17.4. The third-order valence-electron chi connectivity index (χ3n) is 4.61. The summed E-state index contributed by atoms with van der Waals surface area (Å²) in [5, 5.41) is 3.01. The summed E-state index contributed by atoms with van der Waals surface area (Å²) in [5.74, 6) is 0.448. The van der Waals surface area contributed by atoms with Gasteiger partial charge in [-0.25, -0.2) is 4.79 Å². The van der Waals surface area contributed by atoms with Crippen LogP contribution in [0.4, 0.5) is 16.2 Å². The van der Waals surface area contributed by atoms with Gasteiger partial charge in [-0.05, 0) is 43.5 Å². The normalized spacial score (nSPS) is 17.6. The van der Waals surface area contributed by atoms with Crippen molar-refractivity contribution in [1.82, 2.24) is 4.90 Å². The molecule has 0 saturated carbocycles. The first kappa shape index (κ1) is 18.6. The Morgan fingerprint density at radius 2 is 2.12 bits per heavy atom. The fourth-order valence-electron chi connectivity index (χ4n) is 3.15. The maximum Gasteiger partial charge on any atom is 0.321 e. The zero-order valence-corrected chi connectivity index (χ0v) is 15.3. The number of unbranched alkanes of at least 4 members (excludes halogenated alkanes) is 1. The van der Waals surface area contributed by atoms with E-state index in [9.17, 15) is 4.79 Å². The fraction of sp³-hybridized carbons (Fsp3) is 0.632. The molecule has 24 heavy (non-hydrogen) atoms. The van der Waals surface area contributed by atoms with E-state index in [4.69, 9.17) is 4.74 Å². The smallest absolute Gasteiger partial charge is 0.321 e. The van der Waals surface area contributed by atoms with Crippen LogP contribution in [0.2, 0.25) is 0 Å². The van der Waals surface area contributed by atoms with Crippen molar-refractivity contribution in [3.8, 4) is 0 Å². The lowest BCUT2D eigenvalue weighted by molar-refractivity contribution is 0.104. The van der Waals surface area contributed by atoms with Crippen molar-refractivity contribution in [2.24, 2.45) is 5.92 Å². The quantitative estimate of drug-likeness (QED) is 0.825. The molecule has 1 fully saturated rings. The van der Waals surface area contributed by atoms with Crippen LogP contribution in [0.3, 0.4) is 0 Å². The number of methoxy groups -OCH3 is 1. The number of hydrogen-bond acceptors (Lipinski definition) is 3. The number of hydrogen-bond donors (Lipinski definition) is 1. The molecule has 1 heterocycles. The molecule has 0 unspecified atom stereocenters. The van der Waals surface area contributed by atoms with E-state index in [1.165, 1.54) is 18.5 Å². The van der Waals surface area contributed by atoms with Gasteiger partial charge < -0.3 is 19.9 Å².